The molecule has 0 unspecified atom stereocenters. The van der Waals surface area contributed by atoms with Crippen LogP contribution in [-0.2, 0) is 20.2 Å². The van der Waals surface area contributed by atoms with Crippen molar-refractivity contribution >= 4 is 33.7 Å². The van der Waals surface area contributed by atoms with Crippen molar-refractivity contribution in [1.29, 1.82) is 0 Å². The van der Waals surface area contributed by atoms with Gasteiger partial charge in [-0.1, -0.05) is 72.8 Å². The molecule has 0 fully saturated rings. The van der Waals surface area contributed by atoms with E-state index in [4.69, 9.17) is 9.11 Å². The highest BCUT2D eigenvalue weighted by atomic mass is 32.2. The number of benzene rings is 3. The van der Waals surface area contributed by atoms with E-state index in [2.05, 4.69) is 0 Å². The van der Waals surface area contributed by atoms with Crippen LogP contribution in [0.1, 0.15) is 0 Å². The highest BCUT2D eigenvalue weighted by Gasteiger charge is 2.06. The van der Waals surface area contributed by atoms with E-state index in [0.29, 0.717) is 0 Å². The van der Waals surface area contributed by atoms with E-state index < -0.39 is 20.2 Å². The molecule has 0 aliphatic heterocycles. The summed E-state index contributed by atoms with van der Waals surface area (Å²) in [5.41, 5.74) is 0. The SMILES string of the molecule is O=S(=O)(O)c1ccccc1.O=S(=O)(O)c1ccccc1.S.c1ccccc1. The van der Waals surface area contributed by atoms with Gasteiger partial charge in [0.25, 0.3) is 20.2 Å². The van der Waals surface area contributed by atoms with Gasteiger partial charge in [0, 0.05) is 0 Å². The van der Waals surface area contributed by atoms with E-state index in [1.807, 2.05) is 36.4 Å². The summed E-state index contributed by atoms with van der Waals surface area (Å²) >= 11 is 0. The van der Waals surface area contributed by atoms with E-state index in [9.17, 15) is 16.8 Å². The Balaban J connectivity index is 0.000000380. The minimum atomic E-state index is -4.00. The van der Waals surface area contributed by atoms with Gasteiger partial charge >= 0.3 is 0 Å². The summed E-state index contributed by atoms with van der Waals surface area (Å²) in [6.07, 6.45) is 0. The van der Waals surface area contributed by atoms with Gasteiger partial charge in [0.2, 0.25) is 0 Å². The maximum atomic E-state index is 10.4. The van der Waals surface area contributed by atoms with Crippen molar-refractivity contribution in [1.82, 2.24) is 0 Å². The van der Waals surface area contributed by atoms with Gasteiger partial charge in [0.1, 0.15) is 0 Å². The van der Waals surface area contributed by atoms with Gasteiger partial charge < -0.3 is 0 Å². The van der Waals surface area contributed by atoms with Gasteiger partial charge in [0.15, 0.2) is 0 Å². The van der Waals surface area contributed by atoms with Crippen molar-refractivity contribution in [2.24, 2.45) is 0 Å². The molecule has 2 N–H and O–H groups in total. The molecule has 0 radical (unpaired) electrons. The Morgan fingerprint density at radius 2 is 0.630 bits per heavy atom. The van der Waals surface area contributed by atoms with Gasteiger partial charge in [0.05, 0.1) is 9.79 Å². The summed E-state index contributed by atoms with van der Waals surface area (Å²) in [5, 5.41) is 0. The van der Waals surface area contributed by atoms with E-state index in [1.165, 1.54) is 24.3 Å². The van der Waals surface area contributed by atoms with Crippen LogP contribution < -0.4 is 0 Å². The van der Waals surface area contributed by atoms with Crippen LogP contribution in [0, 0.1) is 0 Å². The third kappa shape index (κ3) is 11.2. The van der Waals surface area contributed by atoms with E-state index in [1.54, 1.807) is 36.4 Å². The van der Waals surface area contributed by atoms with Crippen LogP contribution in [0.3, 0.4) is 0 Å². The van der Waals surface area contributed by atoms with Crippen molar-refractivity contribution in [2.75, 3.05) is 0 Å². The normalized spacial score (nSPS) is 10.1. The minimum absolute atomic E-state index is 0. The zero-order valence-corrected chi connectivity index (χ0v) is 16.7. The highest BCUT2D eigenvalue weighted by molar-refractivity contribution is 7.86. The summed E-state index contributed by atoms with van der Waals surface area (Å²) < 4.78 is 58.5. The Bertz CT molecular complexity index is 865. The molecule has 6 nitrogen and oxygen atoms in total. The molecule has 27 heavy (non-hydrogen) atoms. The van der Waals surface area contributed by atoms with Crippen molar-refractivity contribution in [3.63, 3.8) is 0 Å². The Labute approximate surface area is 166 Å². The fourth-order valence-corrected chi connectivity index (χ4v) is 2.57. The Morgan fingerprint density at radius 1 is 0.444 bits per heavy atom. The molecule has 3 aromatic carbocycles. The largest absolute Gasteiger partial charge is 0.294 e. The van der Waals surface area contributed by atoms with Crippen LogP contribution >= 0.6 is 13.5 Å². The average molecular weight is 429 g/mol. The highest BCUT2D eigenvalue weighted by Crippen LogP contribution is 2.05. The zero-order chi connectivity index (χ0) is 19.5. The molecule has 0 aromatic heterocycles. The number of hydrogen-bond acceptors (Lipinski definition) is 4. The van der Waals surface area contributed by atoms with Crippen LogP contribution in [0.2, 0.25) is 0 Å². The predicted molar refractivity (Wildman–Crippen MR) is 109 cm³/mol. The third-order valence-electron chi connectivity index (χ3n) is 2.75. The van der Waals surface area contributed by atoms with Gasteiger partial charge in [-0.25, -0.2) is 0 Å². The zero-order valence-electron chi connectivity index (χ0n) is 14.1. The summed E-state index contributed by atoms with van der Waals surface area (Å²) in [7, 11) is -8.01. The Morgan fingerprint density at radius 3 is 0.778 bits per heavy atom. The summed E-state index contributed by atoms with van der Waals surface area (Å²) in [6.45, 7) is 0. The van der Waals surface area contributed by atoms with Crippen LogP contribution in [0.5, 0.6) is 0 Å². The molecule has 0 aliphatic carbocycles. The Kier molecular flexibility index (Phi) is 11.3. The fourth-order valence-electron chi connectivity index (χ4n) is 1.57. The molecule has 9 heteroatoms. The van der Waals surface area contributed by atoms with Crippen LogP contribution in [-0.4, -0.2) is 25.9 Å². The van der Waals surface area contributed by atoms with Crippen LogP contribution in [0.25, 0.3) is 0 Å². The molecule has 0 saturated heterocycles. The van der Waals surface area contributed by atoms with Crippen LogP contribution in [0.15, 0.2) is 107 Å². The smallest absolute Gasteiger partial charge is 0.282 e. The fraction of sp³-hybridized carbons (Fsp3) is 0. The first-order valence-corrected chi connectivity index (χ1v) is 10.1. The predicted octanol–water partition coefficient (Wildman–Crippen LogP) is 3.67. The molecule has 0 heterocycles. The number of rotatable bonds is 2. The molecular weight excluding hydrogens is 408 g/mol. The molecule has 0 spiro atoms. The van der Waals surface area contributed by atoms with Gasteiger partial charge in [-0.05, 0) is 24.3 Å². The Hall–Kier alpha value is -2.17. The lowest BCUT2D eigenvalue weighted by atomic mass is 10.4. The minimum Gasteiger partial charge on any atom is -0.282 e. The average Bonchev–Trinajstić information content (AvgIpc) is 2.64. The third-order valence-corrected chi connectivity index (χ3v) is 4.48. The second-order valence-electron chi connectivity index (χ2n) is 4.73. The molecule has 0 saturated carbocycles. The molecular formula is C18H20O6S3. The molecule has 146 valence electrons. The molecule has 3 aromatic rings. The van der Waals surface area contributed by atoms with Crippen LogP contribution in [0.4, 0.5) is 0 Å². The first-order valence-electron chi connectivity index (χ1n) is 7.26. The van der Waals surface area contributed by atoms with E-state index >= 15 is 0 Å². The summed E-state index contributed by atoms with van der Waals surface area (Å²) in [6, 6.07) is 26.8. The summed E-state index contributed by atoms with van der Waals surface area (Å²) in [5.74, 6) is 0. The first-order chi connectivity index (χ1) is 12.2. The first kappa shape index (κ1) is 24.8. The second-order valence-corrected chi connectivity index (χ2v) is 7.57. The second kappa shape index (κ2) is 12.3. The lowest BCUT2D eigenvalue weighted by molar-refractivity contribution is 0.481. The van der Waals surface area contributed by atoms with Crippen molar-refractivity contribution in [2.45, 2.75) is 9.79 Å². The van der Waals surface area contributed by atoms with E-state index in [0.717, 1.165) is 0 Å². The molecule has 0 atom stereocenters. The molecule has 3 rings (SSSR count). The van der Waals surface area contributed by atoms with Gasteiger partial charge in [-0.2, -0.15) is 30.3 Å². The molecule has 0 amide bonds. The van der Waals surface area contributed by atoms with Gasteiger partial charge in [-0.15, -0.1) is 0 Å². The van der Waals surface area contributed by atoms with Crippen molar-refractivity contribution in [3.8, 4) is 0 Å². The van der Waals surface area contributed by atoms with Gasteiger partial charge in [-0.3, -0.25) is 9.11 Å². The van der Waals surface area contributed by atoms with E-state index in [-0.39, 0.29) is 23.3 Å². The molecule has 0 aliphatic rings. The lowest BCUT2D eigenvalue weighted by Crippen LogP contribution is -1.96. The number of hydrogen-bond donors (Lipinski definition) is 2. The summed E-state index contributed by atoms with van der Waals surface area (Å²) in [4.78, 5) is -0.148. The monoisotopic (exact) mass is 428 g/mol. The van der Waals surface area contributed by atoms with Crippen molar-refractivity contribution < 1.29 is 25.9 Å². The lowest BCUT2D eigenvalue weighted by Gasteiger charge is -1.92. The standard InChI is InChI=1S/2C6H6O3S.C6H6.H2S/c2*7-10(8,9)6-4-2-1-3-5-6;1-2-4-6-5-3-1;/h2*1-5H,(H,7,8,9);1-6H;1H2. The topological polar surface area (TPSA) is 109 Å². The maximum Gasteiger partial charge on any atom is 0.294 e. The quantitative estimate of drug-likeness (QED) is 0.603. The van der Waals surface area contributed by atoms with Crippen molar-refractivity contribution in [3.05, 3.63) is 97.1 Å². The maximum absolute atomic E-state index is 10.4. The molecule has 0 bridgehead atoms.